The van der Waals surface area contributed by atoms with Crippen LogP contribution in [-0.2, 0) is 6.42 Å². The summed E-state index contributed by atoms with van der Waals surface area (Å²) in [5.41, 5.74) is 10.4. The Labute approximate surface area is 94.1 Å². The summed E-state index contributed by atoms with van der Waals surface area (Å²) in [7, 11) is 2.12. The number of benzene rings is 1. The molecule has 1 aliphatic heterocycles. The normalized spacial score (nSPS) is 14.2. The van der Waals surface area contributed by atoms with E-state index in [9.17, 15) is 0 Å². The highest BCUT2D eigenvalue weighted by atomic mass is 15.1. The number of H-pyrrole nitrogens is 1. The number of nitrogen functional groups attached to an aromatic ring is 1. The van der Waals surface area contributed by atoms with E-state index in [4.69, 9.17) is 5.73 Å². The molecule has 1 aromatic heterocycles. The third-order valence-corrected chi connectivity index (χ3v) is 3.11. The van der Waals surface area contributed by atoms with Crippen LogP contribution in [0.15, 0.2) is 24.4 Å². The van der Waals surface area contributed by atoms with Gasteiger partial charge in [-0.05, 0) is 24.1 Å². The van der Waals surface area contributed by atoms with E-state index < -0.39 is 0 Å². The Kier molecular flexibility index (Phi) is 1.89. The first kappa shape index (κ1) is 9.27. The second-order valence-electron chi connectivity index (χ2n) is 4.20. The van der Waals surface area contributed by atoms with Gasteiger partial charge in [-0.15, -0.1) is 0 Å². The second-order valence-corrected chi connectivity index (χ2v) is 4.20. The maximum Gasteiger partial charge on any atom is 0.197 e. The zero-order valence-electron chi connectivity index (χ0n) is 9.20. The van der Waals surface area contributed by atoms with Crippen LogP contribution in [0.25, 0.3) is 11.3 Å². The van der Waals surface area contributed by atoms with Crippen molar-refractivity contribution in [2.24, 2.45) is 0 Å². The number of nitrogens with zero attached hydrogens (tertiary/aromatic N) is 2. The molecule has 2 aromatic rings. The van der Waals surface area contributed by atoms with E-state index in [-0.39, 0.29) is 0 Å². The van der Waals surface area contributed by atoms with Crippen molar-refractivity contribution in [2.75, 3.05) is 24.2 Å². The van der Waals surface area contributed by atoms with Crippen LogP contribution in [0.2, 0.25) is 0 Å². The van der Waals surface area contributed by atoms with Crippen LogP contribution in [0.3, 0.4) is 0 Å². The van der Waals surface area contributed by atoms with Crippen LogP contribution in [0.4, 0.5) is 11.6 Å². The van der Waals surface area contributed by atoms with Gasteiger partial charge in [0.15, 0.2) is 5.95 Å². The van der Waals surface area contributed by atoms with Gasteiger partial charge in [-0.2, -0.15) is 0 Å². The summed E-state index contributed by atoms with van der Waals surface area (Å²) in [6.45, 7) is 1.10. The van der Waals surface area contributed by atoms with Gasteiger partial charge >= 0.3 is 0 Å². The summed E-state index contributed by atoms with van der Waals surface area (Å²) >= 11 is 0. The molecule has 4 nitrogen and oxygen atoms in total. The molecular formula is C12H14N4. The van der Waals surface area contributed by atoms with E-state index in [0.29, 0.717) is 5.95 Å². The molecule has 1 aliphatic rings. The minimum atomic E-state index is 0.465. The highest BCUT2D eigenvalue weighted by molar-refractivity contribution is 5.68. The predicted octanol–water partition coefficient (Wildman–Crippen LogP) is 1.65. The number of anilines is 2. The molecule has 0 saturated carbocycles. The molecule has 0 aliphatic carbocycles. The average molecular weight is 214 g/mol. The number of rotatable bonds is 1. The predicted molar refractivity (Wildman–Crippen MR) is 65.4 cm³/mol. The molecule has 0 radical (unpaired) electrons. The molecule has 3 N–H and O–H groups in total. The smallest absolute Gasteiger partial charge is 0.197 e. The molecule has 82 valence electrons. The highest BCUT2D eigenvalue weighted by Crippen LogP contribution is 2.30. The van der Waals surface area contributed by atoms with Gasteiger partial charge in [0, 0.05) is 24.8 Å². The van der Waals surface area contributed by atoms with Crippen LogP contribution < -0.4 is 10.6 Å². The largest absolute Gasteiger partial charge is 0.374 e. The van der Waals surface area contributed by atoms with Crippen LogP contribution in [-0.4, -0.2) is 23.6 Å². The fourth-order valence-electron chi connectivity index (χ4n) is 2.22. The number of hydrogen-bond acceptors (Lipinski definition) is 3. The van der Waals surface area contributed by atoms with Gasteiger partial charge < -0.3 is 15.6 Å². The summed E-state index contributed by atoms with van der Waals surface area (Å²) in [5.74, 6) is 0.465. The molecule has 16 heavy (non-hydrogen) atoms. The van der Waals surface area contributed by atoms with Crippen LogP contribution >= 0.6 is 0 Å². The van der Waals surface area contributed by atoms with Gasteiger partial charge in [0.2, 0.25) is 0 Å². The van der Waals surface area contributed by atoms with Crippen LogP contribution in [0, 0.1) is 0 Å². The number of nitrogens with two attached hydrogens (primary N) is 1. The minimum absolute atomic E-state index is 0.465. The molecular weight excluding hydrogens is 200 g/mol. The summed E-state index contributed by atoms with van der Waals surface area (Å²) in [5, 5.41) is 0. The molecule has 0 atom stereocenters. The molecule has 0 amide bonds. The molecule has 0 unspecified atom stereocenters. The standard InChI is InChI=1S/C12H14N4/c1-16-5-4-9-6-8(2-3-11(9)16)10-7-14-12(13)15-10/h2-3,6-7H,4-5H2,1H3,(H3,13,14,15). The first-order valence-corrected chi connectivity index (χ1v) is 5.39. The van der Waals surface area contributed by atoms with Gasteiger partial charge in [-0.25, -0.2) is 4.98 Å². The Morgan fingerprint density at radius 2 is 2.31 bits per heavy atom. The number of aromatic nitrogens is 2. The van der Waals surface area contributed by atoms with E-state index in [2.05, 4.69) is 40.1 Å². The molecule has 3 rings (SSSR count). The van der Waals surface area contributed by atoms with Crippen LogP contribution in [0.1, 0.15) is 5.56 Å². The lowest BCUT2D eigenvalue weighted by molar-refractivity contribution is 0.956. The summed E-state index contributed by atoms with van der Waals surface area (Å²) in [4.78, 5) is 9.34. The van der Waals surface area contributed by atoms with Gasteiger partial charge in [0.1, 0.15) is 0 Å². The van der Waals surface area contributed by atoms with E-state index in [1.807, 2.05) is 0 Å². The van der Waals surface area contributed by atoms with E-state index in [0.717, 1.165) is 24.2 Å². The fraction of sp³-hybridized carbons (Fsp3) is 0.250. The Bertz CT molecular complexity index is 530. The topological polar surface area (TPSA) is 57.9 Å². The van der Waals surface area contributed by atoms with Crippen molar-refractivity contribution in [1.29, 1.82) is 0 Å². The maximum absolute atomic E-state index is 5.58. The lowest BCUT2D eigenvalue weighted by Crippen LogP contribution is -2.12. The molecule has 4 heteroatoms. The minimum Gasteiger partial charge on any atom is -0.374 e. The van der Waals surface area contributed by atoms with Crippen molar-refractivity contribution < 1.29 is 0 Å². The Morgan fingerprint density at radius 1 is 1.44 bits per heavy atom. The van der Waals surface area contributed by atoms with Crippen molar-refractivity contribution in [2.45, 2.75) is 6.42 Å². The second kappa shape index (κ2) is 3.27. The molecule has 0 saturated heterocycles. The highest BCUT2D eigenvalue weighted by Gasteiger charge is 2.16. The van der Waals surface area contributed by atoms with Crippen molar-refractivity contribution in [1.82, 2.24) is 9.97 Å². The van der Waals surface area contributed by atoms with E-state index in [1.54, 1.807) is 6.20 Å². The van der Waals surface area contributed by atoms with Gasteiger partial charge in [0.05, 0.1) is 11.9 Å². The summed E-state index contributed by atoms with van der Waals surface area (Å²) < 4.78 is 0. The molecule has 2 heterocycles. The van der Waals surface area contributed by atoms with Crippen molar-refractivity contribution in [3.63, 3.8) is 0 Å². The Balaban J connectivity index is 2.05. The molecule has 1 aromatic carbocycles. The van der Waals surface area contributed by atoms with Crippen LogP contribution in [0.5, 0.6) is 0 Å². The number of fused-ring (bicyclic) bond motifs is 1. The number of hydrogen-bond donors (Lipinski definition) is 2. The van der Waals surface area contributed by atoms with Gasteiger partial charge in [0.25, 0.3) is 0 Å². The zero-order chi connectivity index (χ0) is 11.1. The number of likely N-dealkylation sites (N-methyl/N-ethyl adjacent to an activating group) is 1. The Hall–Kier alpha value is -1.97. The summed E-state index contributed by atoms with van der Waals surface area (Å²) in [6, 6.07) is 6.48. The molecule has 0 spiro atoms. The third-order valence-electron chi connectivity index (χ3n) is 3.11. The first-order chi connectivity index (χ1) is 7.74. The fourth-order valence-corrected chi connectivity index (χ4v) is 2.22. The quantitative estimate of drug-likeness (QED) is 0.759. The Morgan fingerprint density at radius 3 is 3.06 bits per heavy atom. The number of nitrogens with one attached hydrogen (secondary N) is 1. The first-order valence-electron chi connectivity index (χ1n) is 5.39. The van der Waals surface area contributed by atoms with Gasteiger partial charge in [-0.3, -0.25) is 0 Å². The summed E-state index contributed by atoms with van der Waals surface area (Å²) in [6.07, 6.45) is 2.89. The molecule has 0 fully saturated rings. The monoisotopic (exact) mass is 214 g/mol. The lowest BCUT2D eigenvalue weighted by Gasteiger charge is -2.11. The lowest BCUT2D eigenvalue weighted by atomic mass is 10.1. The molecule has 0 bridgehead atoms. The van der Waals surface area contributed by atoms with Crippen molar-refractivity contribution >= 4 is 11.6 Å². The van der Waals surface area contributed by atoms with E-state index >= 15 is 0 Å². The zero-order valence-corrected chi connectivity index (χ0v) is 9.20. The SMILES string of the molecule is CN1CCc2cc(-c3cnc(N)[nH]3)ccc21. The number of imidazole rings is 1. The van der Waals surface area contributed by atoms with Gasteiger partial charge in [-0.1, -0.05) is 6.07 Å². The number of aromatic amines is 1. The van der Waals surface area contributed by atoms with Crippen molar-refractivity contribution in [3.05, 3.63) is 30.0 Å². The average Bonchev–Trinajstić information content (AvgIpc) is 2.86. The van der Waals surface area contributed by atoms with Crippen molar-refractivity contribution in [3.8, 4) is 11.3 Å². The third kappa shape index (κ3) is 1.34. The van der Waals surface area contributed by atoms with E-state index in [1.165, 1.54) is 11.3 Å². The maximum atomic E-state index is 5.58.